The number of allylic oxidation sites excluding steroid dienone is 2. The molecule has 2 aromatic rings. The SMILES string of the molecule is C/C=C(/C)C[Si](CCC(=O)OC)(c1ccccc1)c1ccccc1. The first-order valence-electron chi connectivity index (χ1n) is 8.42. The molecule has 126 valence electrons. The van der Waals surface area contributed by atoms with Crippen LogP contribution in [0.1, 0.15) is 20.3 Å². The molecule has 0 atom stereocenters. The number of esters is 1. The molecule has 0 unspecified atom stereocenters. The molecule has 0 saturated carbocycles. The number of carbonyl (C=O) groups is 1. The van der Waals surface area contributed by atoms with Crippen molar-refractivity contribution in [3.05, 3.63) is 72.3 Å². The van der Waals surface area contributed by atoms with E-state index in [0.29, 0.717) is 6.42 Å². The second-order valence-corrected chi connectivity index (χ2v) is 10.4. The molecule has 0 heterocycles. The molecule has 0 aliphatic carbocycles. The molecule has 0 radical (unpaired) electrons. The van der Waals surface area contributed by atoms with E-state index < -0.39 is 8.07 Å². The summed E-state index contributed by atoms with van der Waals surface area (Å²) in [6, 6.07) is 23.3. The van der Waals surface area contributed by atoms with Crippen LogP contribution in [-0.4, -0.2) is 21.2 Å². The molecule has 0 fully saturated rings. The maximum atomic E-state index is 11.9. The smallest absolute Gasteiger partial charge is 0.305 e. The molecule has 2 rings (SSSR count). The van der Waals surface area contributed by atoms with Crippen LogP contribution < -0.4 is 10.4 Å². The summed E-state index contributed by atoms with van der Waals surface area (Å²) in [5, 5.41) is 2.75. The van der Waals surface area contributed by atoms with Gasteiger partial charge in [-0.1, -0.05) is 82.7 Å². The molecular weight excluding hydrogens is 312 g/mol. The molecule has 3 heteroatoms. The van der Waals surface area contributed by atoms with Crippen molar-refractivity contribution in [2.24, 2.45) is 0 Å². The first kappa shape index (κ1) is 18.2. The maximum absolute atomic E-state index is 11.9. The summed E-state index contributed by atoms with van der Waals surface area (Å²) in [6.45, 7) is 4.27. The van der Waals surface area contributed by atoms with Crippen LogP contribution in [0.4, 0.5) is 0 Å². The average Bonchev–Trinajstić information content (AvgIpc) is 2.66. The molecule has 0 aliphatic rings. The zero-order chi connectivity index (χ0) is 17.4. The normalized spacial score (nSPS) is 12.0. The summed E-state index contributed by atoms with van der Waals surface area (Å²) in [5.41, 5.74) is 1.37. The van der Waals surface area contributed by atoms with E-state index in [4.69, 9.17) is 4.74 Å². The van der Waals surface area contributed by atoms with Gasteiger partial charge in [0.2, 0.25) is 0 Å². The third-order valence-electron chi connectivity index (χ3n) is 4.71. The van der Waals surface area contributed by atoms with Crippen molar-refractivity contribution in [2.45, 2.75) is 32.4 Å². The van der Waals surface area contributed by atoms with Crippen molar-refractivity contribution >= 4 is 24.4 Å². The lowest BCUT2D eigenvalue weighted by molar-refractivity contribution is -0.140. The Morgan fingerprint density at radius 3 is 1.92 bits per heavy atom. The molecule has 0 saturated heterocycles. The van der Waals surface area contributed by atoms with Crippen molar-refractivity contribution in [3.8, 4) is 0 Å². The Hall–Kier alpha value is -2.13. The van der Waals surface area contributed by atoms with E-state index in [1.165, 1.54) is 23.1 Å². The van der Waals surface area contributed by atoms with Crippen LogP contribution in [0.25, 0.3) is 0 Å². The summed E-state index contributed by atoms with van der Waals surface area (Å²) in [5.74, 6) is -0.128. The third kappa shape index (κ3) is 4.23. The number of hydrogen-bond donors (Lipinski definition) is 0. The van der Waals surface area contributed by atoms with E-state index in [-0.39, 0.29) is 5.97 Å². The molecule has 0 spiro atoms. The standard InChI is InChI=1S/C21H26O2Si/c1-4-18(2)17-24(16-15-21(22)23-3,19-11-7-5-8-12-19)20-13-9-6-10-14-20/h4-14H,15-17H2,1-3H3/b18-4-. The molecule has 0 N–H and O–H groups in total. The van der Waals surface area contributed by atoms with Crippen molar-refractivity contribution in [1.29, 1.82) is 0 Å². The average molecular weight is 339 g/mol. The van der Waals surface area contributed by atoms with E-state index in [9.17, 15) is 4.79 Å². The number of methoxy groups -OCH3 is 1. The van der Waals surface area contributed by atoms with Crippen LogP contribution in [0.5, 0.6) is 0 Å². The Morgan fingerprint density at radius 2 is 1.50 bits per heavy atom. The van der Waals surface area contributed by atoms with E-state index in [1.807, 2.05) is 0 Å². The second kappa shape index (κ2) is 8.64. The van der Waals surface area contributed by atoms with E-state index in [2.05, 4.69) is 80.6 Å². The van der Waals surface area contributed by atoms with Gasteiger partial charge in [0.15, 0.2) is 0 Å². The Balaban J connectivity index is 2.56. The summed E-state index contributed by atoms with van der Waals surface area (Å²) < 4.78 is 4.92. The molecular formula is C21H26O2Si. The Morgan fingerprint density at radius 1 is 1.00 bits per heavy atom. The number of benzene rings is 2. The lowest BCUT2D eigenvalue weighted by Crippen LogP contribution is -2.58. The molecule has 24 heavy (non-hydrogen) atoms. The zero-order valence-electron chi connectivity index (χ0n) is 14.8. The number of hydrogen-bond acceptors (Lipinski definition) is 2. The van der Waals surface area contributed by atoms with Gasteiger partial charge < -0.3 is 4.74 Å². The van der Waals surface area contributed by atoms with Crippen LogP contribution in [0.2, 0.25) is 12.1 Å². The first-order chi connectivity index (χ1) is 11.6. The number of carbonyl (C=O) groups excluding carboxylic acids is 1. The van der Waals surface area contributed by atoms with Gasteiger partial charge in [-0.3, -0.25) is 4.79 Å². The van der Waals surface area contributed by atoms with Gasteiger partial charge in [-0.2, -0.15) is 0 Å². The van der Waals surface area contributed by atoms with Crippen molar-refractivity contribution < 1.29 is 9.53 Å². The lowest BCUT2D eigenvalue weighted by Gasteiger charge is -2.33. The molecule has 0 aliphatic heterocycles. The maximum Gasteiger partial charge on any atom is 0.305 e. The Kier molecular flexibility index (Phi) is 6.56. The molecule has 0 bridgehead atoms. The summed E-state index contributed by atoms with van der Waals surface area (Å²) in [4.78, 5) is 11.9. The van der Waals surface area contributed by atoms with Crippen molar-refractivity contribution in [2.75, 3.05) is 7.11 Å². The van der Waals surface area contributed by atoms with E-state index in [1.54, 1.807) is 0 Å². The fraction of sp³-hybridized carbons (Fsp3) is 0.286. The fourth-order valence-corrected chi connectivity index (χ4v) is 8.20. The highest BCUT2D eigenvalue weighted by Gasteiger charge is 2.37. The molecule has 2 nitrogen and oxygen atoms in total. The summed E-state index contributed by atoms with van der Waals surface area (Å²) in [6.07, 6.45) is 2.65. The minimum Gasteiger partial charge on any atom is -0.469 e. The summed E-state index contributed by atoms with van der Waals surface area (Å²) in [7, 11) is -0.614. The van der Waals surface area contributed by atoms with Gasteiger partial charge in [0.05, 0.1) is 7.11 Å². The van der Waals surface area contributed by atoms with Gasteiger partial charge in [-0.15, -0.1) is 0 Å². The van der Waals surface area contributed by atoms with Crippen LogP contribution in [0.3, 0.4) is 0 Å². The van der Waals surface area contributed by atoms with Gasteiger partial charge in [-0.05, 0) is 25.9 Å². The van der Waals surface area contributed by atoms with Crippen LogP contribution in [0, 0.1) is 0 Å². The minimum absolute atomic E-state index is 0.128. The predicted octanol–water partition coefficient (Wildman–Crippen LogP) is 3.78. The second-order valence-electron chi connectivity index (χ2n) is 6.20. The Bertz CT molecular complexity index is 638. The van der Waals surface area contributed by atoms with Crippen molar-refractivity contribution in [1.82, 2.24) is 0 Å². The zero-order valence-corrected chi connectivity index (χ0v) is 15.8. The van der Waals surface area contributed by atoms with Crippen LogP contribution in [0.15, 0.2) is 72.3 Å². The van der Waals surface area contributed by atoms with E-state index >= 15 is 0 Å². The number of rotatable bonds is 7. The first-order valence-corrected chi connectivity index (χ1v) is 10.8. The molecule has 2 aromatic carbocycles. The van der Waals surface area contributed by atoms with E-state index in [0.717, 1.165) is 12.1 Å². The van der Waals surface area contributed by atoms with Crippen LogP contribution in [-0.2, 0) is 9.53 Å². The minimum atomic E-state index is -2.08. The quantitative estimate of drug-likeness (QED) is 0.436. The highest BCUT2D eigenvalue weighted by atomic mass is 28.3. The highest BCUT2D eigenvalue weighted by Crippen LogP contribution is 2.23. The van der Waals surface area contributed by atoms with Gasteiger partial charge in [-0.25, -0.2) is 0 Å². The monoisotopic (exact) mass is 338 g/mol. The highest BCUT2D eigenvalue weighted by molar-refractivity contribution is 7.02. The topological polar surface area (TPSA) is 26.3 Å². The number of ether oxygens (including phenoxy) is 1. The Labute approximate surface area is 146 Å². The van der Waals surface area contributed by atoms with Crippen LogP contribution >= 0.6 is 0 Å². The van der Waals surface area contributed by atoms with Gasteiger partial charge in [0.1, 0.15) is 8.07 Å². The van der Waals surface area contributed by atoms with Crippen molar-refractivity contribution in [3.63, 3.8) is 0 Å². The molecule has 0 aromatic heterocycles. The largest absolute Gasteiger partial charge is 0.469 e. The summed E-state index contributed by atoms with van der Waals surface area (Å²) >= 11 is 0. The van der Waals surface area contributed by atoms with Gasteiger partial charge in [0.25, 0.3) is 0 Å². The lowest BCUT2D eigenvalue weighted by atomic mass is 10.3. The van der Waals surface area contributed by atoms with Gasteiger partial charge >= 0.3 is 5.97 Å². The van der Waals surface area contributed by atoms with Gasteiger partial charge in [0, 0.05) is 6.42 Å². The predicted molar refractivity (Wildman–Crippen MR) is 104 cm³/mol. The fourth-order valence-electron chi connectivity index (χ4n) is 3.26. The third-order valence-corrected chi connectivity index (χ3v) is 9.85. The molecule has 0 amide bonds.